The van der Waals surface area contributed by atoms with Gasteiger partial charge in [-0.2, -0.15) is 0 Å². The Morgan fingerprint density at radius 3 is 2.71 bits per heavy atom. The Kier molecular flexibility index (Phi) is 4.75. The summed E-state index contributed by atoms with van der Waals surface area (Å²) in [5.41, 5.74) is 0. The lowest BCUT2D eigenvalue weighted by Crippen LogP contribution is -2.27. The second kappa shape index (κ2) is 6.08. The Balaban J connectivity index is 2.39. The van der Waals surface area contributed by atoms with Crippen molar-refractivity contribution in [3.8, 4) is 0 Å². The zero-order valence-corrected chi connectivity index (χ0v) is 10.0. The fraction of sp³-hybridized carbons (Fsp3) is 0.500. The lowest BCUT2D eigenvalue weighted by molar-refractivity contribution is -0.138. The molecule has 1 rings (SSSR count). The Hall–Kier alpha value is -1.78. The van der Waals surface area contributed by atoms with Crippen molar-refractivity contribution in [2.24, 2.45) is 5.92 Å². The summed E-state index contributed by atoms with van der Waals surface area (Å²) < 4.78 is 5.14. The number of furan rings is 1. The van der Waals surface area contributed by atoms with Crippen LogP contribution in [0.1, 0.15) is 25.5 Å². The van der Waals surface area contributed by atoms with Crippen molar-refractivity contribution in [2.75, 3.05) is 7.05 Å². The highest BCUT2D eigenvalue weighted by Crippen LogP contribution is 2.11. The fourth-order valence-electron chi connectivity index (χ4n) is 1.55. The van der Waals surface area contributed by atoms with Crippen LogP contribution in [0.3, 0.4) is 0 Å². The van der Waals surface area contributed by atoms with Gasteiger partial charge in [0.05, 0.1) is 12.8 Å². The number of rotatable bonds is 6. The predicted molar refractivity (Wildman–Crippen MR) is 61.2 cm³/mol. The minimum atomic E-state index is -0.876. The third kappa shape index (κ3) is 4.72. The molecule has 0 fully saturated rings. The van der Waals surface area contributed by atoms with Gasteiger partial charge < -0.3 is 14.4 Å². The predicted octanol–water partition coefficient (Wildman–Crippen LogP) is 1.74. The summed E-state index contributed by atoms with van der Waals surface area (Å²) in [5, 5.41) is 8.60. The van der Waals surface area contributed by atoms with E-state index in [1.165, 1.54) is 4.90 Å². The number of carboxylic acid groups (broad SMARTS) is 1. The molecule has 17 heavy (non-hydrogen) atoms. The summed E-state index contributed by atoms with van der Waals surface area (Å²) in [5.74, 6) is -0.389. The minimum Gasteiger partial charge on any atom is -0.481 e. The Labute approximate surface area is 100 Å². The molecule has 1 amide bonds. The second-order valence-corrected chi connectivity index (χ2v) is 4.24. The maximum absolute atomic E-state index is 11.8. The summed E-state index contributed by atoms with van der Waals surface area (Å²) in [6.45, 7) is 2.17. The maximum Gasteiger partial charge on any atom is 0.303 e. The lowest BCUT2D eigenvalue weighted by Gasteiger charge is -2.17. The topological polar surface area (TPSA) is 70.8 Å². The lowest BCUT2D eigenvalue weighted by atomic mass is 10.0. The van der Waals surface area contributed by atoms with Gasteiger partial charge in [-0.05, 0) is 18.1 Å². The molecule has 1 unspecified atom stereocenters. The zero-order valence-electron chi connectivity index (χ0n) is 10.0. The van der Waals surface area contributed by atoms with Crippen LogP contribution >= 0.6 is 0 Å². The number of amides is 1. The van der Waals surface area contributed by atoms with Gasteiger partial charge in [0.2, 0.25) is 5.91 Å². The molecule has 5 heteroatoms. The molecule has 94 valence electrons. The normalized spacial score (nSPS) is 12.1. The Morgan fingerprint density at radius 1 is 1.47 bits per heavy atom. The average Bonchev–Trinajstić information content (AvgIpc) is 2.68. The van der Waals surface area contributed by atoms with Crippen molar-refractivity contribution in [3.05, 3.63) is 24.2 Å². The average molecular weight is 239 g/mol. The van der Waals surface area contributed by atoms with E-state index in [9.17, 15) is 9.59 Å². The summed E-state index contributed by atoms with van der Waals surface area (Å²) in [6.07, 6.45) is 1.81. The van der Waals surface area contributed by atoms with Gasteiger partial charge >= 0.3 is 5.97 Å². The van der Waals surface area contributed by atoms with Crippen molar-refractivity contribution in [1.82, 2.24) is 4.90 Å². The highest BCUT2D eigenvalue weighted by Gasteiger charge is 2.16. The van der Waals surface area contributed by atoms with Crippen LogP contribution in [0.15, 0.2) is 22.8 Å². The first-order valence-electron chi connectivity index (χ1n) is 5.47. The molecule has 0 radical (unpaired) electrons. The first-order chi connectivity index (χ1) is 7.99. The molecule has 5 nitrogen and oxygen atoms in total. The number of carbonyl (C=O) groups is 2. The SMILES string of the molecule is CC(CC(=O)O)CC(=O)N(C)Cc1ccco1. The van der Waals surface area contributed by atoms with E-state index in [-0.39, 0.29) is 24.7 Å². The first kappa shape index (κ1) is 13.3. The van der Waals surface area contributed by atoms with Crippen LogP contribution in [0.4, 0.5) is 0 Å². The molecule has 0 saturated heterocycles. The molecule has 0 bridgehead atoms. The molecule has 0 saturated carbocycles. The number of hydrogen-bond acceptors (Lipinski definition) is 3. The Morgan fingerprint density at radius 2 is 2.18 bits per heavy atom. The van der Waals surface area contributed by atoms with E-state index in [4.69, 9.17) is 9.52 Å². The zero-order chi connectivity index (χ0) is 12.8. The summed E-state index contributed by atoms with van der Waals surface area (Å²) in [4.78, 5) is 23.8. The molecule has 0 aromatic carbocycles. The van der Waals surface area contributed by atoms with Crippen LogP contribution in [0.2, 0.25) is 0 Å². The van der Waals surface area contributed by atoms with Gasteiger partial charge in [-0.25, -0.2) is 0 Å². The third-order valence-corrected chi connectivity index (χ3v) is 2.45. The molecule has 0 aliphatic rings. The monoisotopic (exact) mass is 239 g/mol. The Bertz CT molecular complexity index is 372. The first-order valence-corrected chi connectivity index (χ1v) is 5.47. The number of nitrogens with zero attached hydrogens (tertiary/aromatic N) is 1. The van der Waals surface area contributed by atoms with Gasteiger partial charge in [-0.1, -0.05) is 6.92 Å². The van der Waals surface area contributed by atoms with Gasteiger partial charge in [0.1, 0.15) is 5.76 Å². The molecular weight excluding hydrogens is 222 g/mol. The van der Waals surface area contributed by atoms with E-state index in [0.29, 0.717) is 12.3 Å². The number of carbonyl (C=O) groups excluding carboxylic acids is 1. The highest BCUT2D eigenvalue weighted by atomic mass is 16.4. The summed E-state index contributed by atoms with van der Waals surface area (Å²) in [7, 11) is 1.68. The standard InChI is InChI=1S/C12H17NO4/c1-9(7-12(15)16)6-11(14)13(2)8-10-4-3-5-17-10/h3-5,9H,6-8H2,1-2H3,(H,15,16). The van der Waals surface area contributed by atoms with Crippen LogP contribution < -0.4 is 0 Å². The van der Waals surface area contributed by atoms with Crippen LogP contribution in [0, 0.1) is 5.92 Å². The van der Waals surface area contributed by atoms with E-state index in [0.717, 1.165) is 0 Å². The molecule has 0 spiro atoms. The van der Waals surface area contributed by atoms with Gasteiger partial charge in [0.15, 0.2) is 0 Å². The van der Waals surface area contributed by atoms with Crippen LogP contribution in [-0.4, -0.2) is 28.9 Å². The van der Waals surface area contributed by atoms with Crippen LogP contribution in [-0.2, 0) is 16.1 Å². The largest absolute Gasteiger partial charge is 0.481 e. The van der Waals surface area contributed by atoms with Gasteiger partial charge in [0.25, 0.3) is 0 Å². The van der Waals surface area contributed by atoms with E-state index in [1.54, 1.807) is 32.4 Å². The molecule has 1 heterocycles. The van der Waals surface area contributed by atoms with Crippen LogP contribution in [0.5, 0.6) is 0 Å². The number of carboxylic acids is 1. The van der Waals surface area contributed by atoms with Crippen molar-refractivity contribution < 1.29 is 19.1 Å². The van der Waals surface area contributed by atoms with Crippen LogP contribution in [0.25, 0.3) is 0 Å². The molecule has 0 aliphatic carbocycles. The fourth-order valence-corrected chi connectivity index (χ4v) is 1.55. The quantitative estimate of drug-likeness (QED) is 0.820. The van der Waals surface area contributed by atoms with E-state index in [2.05, 4.69) is 0 Å². The van der Waals surface area contributed by atoms with Gasteiger partial charge in [-0.15, -0.1) is 0 Å². The van der Waals surface area contributed by atoms with E-state index >= 15 is 0 Å². The number of hydrogen-bond donors (Lipinski definition) is 1. The highest BCUT2D eigenvalue weighted by molar-refractivity contribution is 5.77. The van der Waals surface area contributed by atoms with Crippen molar-refractivity contribution in [2.45, 2.75) is 26.3 Å². The van der Waals surface area contributed by atoms with E-state index in [1.807, 2.05) is 0 Å². The van der Waals surface area contributed by atoms with Gasteiger partial charge in [0, 0.05) is 19.9 Å². The van der Waals surface area contributed by atoms with Crippen molar-refractivity contribution in [1.29, 1.82) is 0 Å². The molecular formula is C12H17NO4. The molecule has 1 atom stereocenters. The van der Waals surface area contributed by atoms with Crippen molar-refractivity contribution in [3.63, 3.8) is 0 Å². The molecule has 1 aromatic rings. The molecule has 1 N–H and O–H groups in total. The number of aliphatic carboxylic acids is 1. The van der Waals surface area contributed by atoms with Crippen molar-refractivity contribution >= 4 is 11.9 Å². The maximum atomic E-state index is 11.8. The minimum absolute atomic E-state index is 0.0142. The third-order valence-electron chi connectivity index (χ3n) is 2.45. The van der Waals surface area contributed by atoms with E-state index < -0.39 is 5.97 Å². The molecule has 1 aromatic heterocycles. The summed E-state index contributed by atoms with van der Waals surface area (Å²) >= 11 is 0. The summed E-state index contributed by atoms with van der Waals surface area (Å²) in [6, 6.07) is 3.56. The van der Waals surface area contributed by atoms with Gasteiger partial charge in [-0.3, -0.25) is 9.59 Å². The second-order valence-electron chi connectivity index (χ2n) is 4.24. The smallest absolute Gasteiger partial charge is 0.303 e. The molecule has 0 aliphatic heterocycles.